The van der Waals surface area contributed by atoms with Crippen molar-refractivity contribution in [3.8, 4) is 5.75 Å². The molecule has 2 aromatic carbocycles. The lowest BCUT2D eigenvalue weighted by atomic mass is 10.1. The number of hydrogen-bond acceptors (Lipinski definition) is 4. The Kier molecular flexibility index (Phi) is 7.60. The van der Waals surface area contributed by atoms with Gasteiger partial charge in [0.1, 0.15) is 5.75 Å². The molecule has 0 bridgehead atoms. The lowest BCUT2D eigenvalue weighted by molar-refractivity contribution is -0.123. The standard InChI is InChI=1S/C21H28N2O4S/c1-5-23(6-2)28(25,26)20-12-10-18(11-13-20)17(4)22-21(24)15-27-19-9-7-8-16(3)14-19/h7-14,17H,5-6,15H2,1-4H3,(H,22,24). The van der Waals surface area contributed by atoms with Crippen LogP contribution in [0.4, 0.5) is 0 Å². The number of hydrogen-bond donors (Lipinski definition) is 1. The highest BCUT2D eigenvalue weighted by molar-refractivity contribution is 7.89. The van der Waals surface area contributed by atoms with E-state index in [-0.39, 0.29) is 23.5 Å². The minimum atomic E-state index is -3.48. The fourth-order valence-corrected chi connectivity index (χ4v) is 4.32. The molecule has 0 aliphatic carbocycles. The van der Waals surface area contributed by atoms with Crippen molar-refractivity contribution in [2.75, 3.05) is 19.7 Å². The molecule has 1 N–H and O–H groups in total. The van der Waals surface area contributed by atoms with Gasteiger partial charge in [-0.1, -0.05) is 38.1 Å². The molecule has 6 nitrogen and oxygen atoms in total. The van der Waals surface area contributed by atoms with Crippen molar-refractivity contribution in [3.63, 3.8) is 0 Å². The summed E-state index contributed by atoms with van der Waals surface area (Å²) in [6.45, 7) is 8.19. The normalized spacial score (nSPS) is 12.6. The second kappa shape index (κ2) is 9.71. The van der Waals surface area contributed by atoms with E-state index in [1.165, 1.54) is 4.31 Å². The third-order valence-corrected chi connectivity index (χ3v) is 6.52. The molecule has 0 fully saturated rings. The maximum absolute atomic E-state index is 12.5. The van der Waals surface area contributed by atoms with E-state index in [0.29, 0.717) is 18.8 Å². The first kappa shape index (κ1) is 21.9. The number of amides is 1. The minimum absolute atomic E-state index is 0.0811. The van der Waals surface area contributed by atoms with E-state index >= 15 is 0 Å². The zero-order chi connectivity index (χ0) is 20.7. The molecule has 2 rings (SSSR count). The van der Waals surface area contributed by atoms with Crippen molar-refractivity contribution in [2.45, 2.75) is 38.6 Å². The van der Waals surface area contributed by atoms with Crippen LogP contribution in [0.25, 0.3) is 0 Å². The van der Waals surface area contributed by atoms with E-state index in [0.717, 1.165) is 11.1 Å². The molecule has 0 aliphatic heterocycles. The molecule has 1 unspecified atom stereocenters. The lowest BCUT2D eigenvalue weighted by Gasteiger charge is -2.19. The SMILES string of the molecule is CCN(CC)S(=O)(=O)c1ccc(C(C)NC(=O)COc2cccc(C)c2)cc1. The second-order valence-corrected chi connectivity index (χ2v) is 8.49. The van der Waals surface area contributed by atoms with E-state index in [1.54, 1.807) is 30.3 Å². The Morgan fingerprint density at radius 2 is 1.75 bits per heavy atom. The monoisotopic (exact) mass is 404 g/mol. The van der Waals surface area contributed by atoms with Crippen molar-refractivity contribution in [1.82, 2.24) is 9.62 Å². The Labute approximate surface area is 167 Å². The number of carbonyl (C=O) groups excluding carboxylic acids is 1. The van der Waals surface area contributed by atoms with Gasteiger partial charge < -0.3 is 10.1 Å². The van der Waals surface area contributed by atoms with E-state index < -0.39 is 10.0 Å². The zero-order valence-electron chi connectivity index (χ0n) is 16.8. The third-order valence-electron chi connectivity index (χ3n) is 4.46. The molecular formula is C21H28N2O4S. The maximum atomic E-state index is 12.5. The molecule has 0 aromatic heterocycles. The first-order valence-electron chi connectivity index (χ1n) is 9.36. The lowest BCUT2D eigenvalue weighted by Crippen LogP contribution is -2.31. The van der Waals surface area contributed by atoms with Crippen LogP contribution < -0.4 is 10.1 Å². The number of benzene rings is 2. The van der Waals surface area contributed by atoms with Gasteiger partial charge in [0, 0.05) is 13.1 Å². The van der Waals surface area contributed by atoms with Gasteiger partial charge in [-0.25, -0.2) is 8.42 Å². The van der Waals surface area contributed by atoms with Crippen LogP contribution in [-0.4, -0.2) is 38.3 Å². The second-order valence-electron chi connectivity index (χ2n) is 6.55. The summed E-state index contributed by atoms with van der Waals surface area (Å²) in [6.07, 6.45) is 0. The molecule has 1 amide bonds. The molecule has 0 radical (unpaired) electrons. The summed E-state index contributed by atoms with van der Waals surface area (Å²) in [5.41, 5.74) is 1.88. The highest BCUT2D eigenvalue weighted by Gasteiger charge is 2.21. The van der Waals surface area contributed by atoms with Crippen LogP contribution in [0.1, 0.15) is 37.9 Å². The molecule has 0 heterocycles. The largest absolute Gasteiger partial charge is 0.484 e. The molecule has 152 valence electrons. The van der Waals surface area contributed by atoms with Crippen LogP contribution in [0.3, 0.4) is 0 Å². The summed E-state index contributed by atoms with van der Waals surface area (Å²) in [4.78, 5) is 12.4. The molecule has 0 saturated heterocycles. The summed E-state index contributed by atoms with van der Waals surface area (Å²) in [6, 6.07) is 13.8. The third kappa shape index (κ3) is 5.56. The Balaban J connectivity index is 1.97. The summed E-state index contributed by atoms with van der Waals surface area (Å²) >= 11 is 0. The molecule has 0 spiro atoms. The summed E-state index contributed by atoms with van der Waals surface area (Å²) < 4.78 is 32.0. The molecule has 0 saturated carbocycles. The van der Waals surface area contributed by atoms with Gasteiger partial charge in [0.2, 0.25) is 10.0 Å². The van der Waals surface area contributed by atoms with Crippen molar-refractivity contribution in [1.29, 1.82) is 0 Å². The van der Waals surface area contributed by atoms with E-state index in [2.05, 4.69) is 5.32 Å². The predicted molar refractivity (Wildman–Crippen MR) is 110 cm³/mol. The van der Waals surface area contributed by atoms with Crippen LogP contribution in [0, 0.1) is 6.92 Å². The number of rotatable bonds is 9. The number of carbonyl (C=O) groups is 1. The molecule has 2 aromatic rings. The summed E-state index contributed by atoms with van der Waals surface area (Å²) in [5.74, 6) is 0.405. The Hall–Kier alpha value is -2.38. The van der Waals surface area contributed by atoms with Crippen LogP contribution in [0.5, 0.6) is 5.75 Å². The quantitative estimate of drug-likeness (QED) is 0.696. The van der Waals surface area contributed by atoms with Crippen LogP contribution in [-0.2, 0) is 14.8 Å². The number of nitrogens with zero attached hydrogens (tertiary/aromatic N) is 1. The van der Waals surface area contributed by atoms with Crippen LogP contribution in [0.2, 0.25) is 0 Å². The number of sulfonamides is 1. The number of aryl methyl sites for hydroxylation is 1. The van der Waals surface area contributed by atoms with Gasteiger partial charge in [-0.2, -0.15) is 4.31 Å². The van der Waals surface area contributed by atoms with Crippen LogP contribution >= 0.6 is 0 Å². The smallest absolute Gasteiger partial charge is 0.258 e. The van der Waals surface area contributed by atoms with E-state index in [1.807, 2.05) is 45.9 Å². The van der Waals surface area contributed by atoms with Gasteiger partial charge in [-0.15, -0.1) is 0 Å². The minimum Gasteiger partial charge on any atom is -0.484 e. The van der Waals surface area contributed by atoms with Crippen molar-refractivity contribution in [2.24, 2.45) is 0 Å². The van der Waals surface area contributed by atoms with Gasteiger partial charge in [0.15, 0.2) is 6.61 Å². The van der Waals surface area contributed by atoms with E-state index in [4.69, 9.17) is 4.74 Å². The Morgan fingerprint density at radius 3 is 2.32 bits per heavy atom. The fourth-order valence-electron chi connectivity index (χ4n) is 2.86. The van der Waals surface area contributed by atoms with E-state index in [9.17, 15) is 13.2 Å². The highest BCUT2D eigenvalue weighted by Crippen LogP contribution is 2.19. The van der Waals surface area contributed by atoms with Crippen molar-refractivity contribution in [3.05, 3.63) is 59.7 Å². The Morgan fingerprint density at radius 1 is 1.11 bits per heavy atom. The van der Waals surface area contributed by atoms with Gasteiger partial charge in [0.05, 0.1) is 10.9 Å². The first-order chi connectivity index (χ1) is 13.3. The highest BCUT2D eigenvalue weighted by atomic mass is 32.2. The number of nitrogens with one attached hydrogen (secondary N) is 1. The Bertz CT molecular complexity index is 891. The first-order valence-corrected chi connectivity index (χ1v) is 10.8. The molecule has 1 atom stereocenters. The summed E-state index contributed by atoms with van der Waals surface area (Å²) in [5, 5.41) is 2.86. The number of ether oxygens (including phenoxy) is 1. The predicted octanol–water partition coefficient (Wildman–Crippen LogP) is 3.28. The van der Waals surface area contributed by atoms with Gasteiger partial charge in [0.25, 0.3) is 5.91 Å². The van der Waals surface area contributed by atoms with Gasteiger partial charge >= 0.3 is 0 Å². The van der Waals surface area contributed by atoms with Gasteiger partial charge in [-0.3, -0.25) is 4.79 Å². The molecule has 0 aliphatic rings. The molecule has 7 heteroatoms. The molecule has 28 heavy (non-hydrogen) atoms. The average molecular weight is 405 g/mol. The van der Waals surface area contributed by atoms with Gasteiger partial charge in [-0.05, 0) is 49.2 Å². The molecular weight excluding hydrogens is 376 g/mol. The van der Waals surface area contributed by atoms with Crippen LogP contribution in [0.15, 0.2) is 53.4 Å². The average Bonchev–Trinajstić information content (AvgIpc) is 2.67. The van der Waals surface area contributed by atoms with Crippen molar-refractivity contribution < 1.29 is 17.9 Å². The zero-order valence-corrected chi connectivity index (χ0v) is 17.6. The van der Waals surface area contributed by atoms with Crippen molar-refractivity contribution >= 4 is 15.9 Å². The maximum Gasteiger partial charge on any atom is 0.258 e. The fraction of sp³-hybridized carbons (Fsp3) is 0.381. The summed E-state index contributed by atoms with van der Waals surface area (Å²) in [7, 11) is -3.48. The topological polar surface area (TPSA) is 75.7 Å².